The van der Waals surface area contributed by atoms with Crippen molar-refractivity contribution in [3.8, 4) is 22.1 Å². The van der Waals surface area contributed by atoms with Gasteiger partial charge in [-0.3, -0.25) is 0 Å². The normalized spacial score (nSPS) is 10.3. The third-order valence-electron chi connectivity index (χ3n) is 1.65. The molecule has 2 aromatic rings. The van der Waals surface area contributed by atoms with Crippen LogP contribution in [0.25, 0.3) is 10.6 Å². The molecule has 1 heterocycles. The number of hydrogen-bond acceptors (Lipinski definition) is 6. The van der Waals surface area contributed by atoms with E-state index in [0.29, 0.717) is 15.7 Å². The topological polar surface area (TPSA) is 92.3 Å². The van der Waals surface area contributed by atoms with Crippen LogP contribution in [-0.4, -0.2) is 20.4 Å². The summed E-state index contributed by atoms with van der Waals surface area (Å²) >= 11 is 1.17. The fourth-order valence-corrected chi connectivity index (χ4v) is 1.69. The van der Waals surface area contributed by atoms with Crippen molar-refractivity contribution in [3.05, 3.63) is 18.2 Å². The zero-order valence-corrected chi connectivity index (χ0v) is 7.82. The molecular weight excluding hydrogens is 202 g/mol. The predicted octanol–water partition coefficient (Wildman–Crippen LogP) is 1.20. The maximum absolute atomic E-state index is 9.49. The first-order chi connectivity index (χ1) is 6.66. The molecule has 4 N–H and O–H groups in total. The van der Waals surface area contributed by atoms with Crippen LogP contribution < -0.4 is 5.73 Å². The second-order valence-electron chi connectivity index (χ2n) is 2.65. The van der Waals surface area contributed by atoms with Crippen LogP contribution in [0.3, 0.4) is 0 Å². The van der Waals surface area contributed by atoms with Crippen molar-refractivity contribution in [2.75, 3.05) is 5.73 Å². The van der Waals surface area contributed by atoms with Crippen molar-refractivity contribution >= 4 is 16.5 Å². The van der Waals surface area contributed by atoms with Gasteiger partial charge in [-0.1, -0.05) is 11.3 Å². The molecule has 0 atom stereocenters. The van der Waals surface area contributed by atoms with Crippen LogP contribution in [0, 0.1) is 0 Å². The van der Waals surface area contributed by atoms with Gasteiger partial charge in [0.25, 0.3) is 0 Å². The Bertz CT molecular complexity index is 469. The zero-order chi connectivity index (χ0) is 10.1. The van der Waals surface area contributed by atoms with Crippen LogP contribution in [0.15, 0.2) is 18.2 Å². The molecule has 1 aromatic heterocycles. The van der Waals surface area contributed by atoms with Gasteiger partial charge in [0, 0.05) is 6.07 Å². The maximum atomic E-state index is 9.49. The first-order valence-corrected chi connectivity index (χ1v) is 4.60. The first kappa shape index (κ1) is 8.76. The molecule has 14 heavy (non-hydrogen) atoms. The van der Waals surface area contributed by atoms with E-state index >= 15 is 0 Å². The Morgan fingerprint density at radius 1 is 1.21 bits per heavy atom. The summed E-state index contributed by atoms with van der Waals surface area (Å²) in [6, 6.07) is 4.27. The van der Waals surface area contributed by atoms with Gasteiger partial charge in [-0.15, -0.1) is 10.2 Å². The van der Waals surface area contributed by atoms with Gasteiger partial charge in [0.15, 0.2) is 5.01 Å². The highest BCUT2D eigenvalue weighted by Gasteiger charge is 2.09. The summed E-state index contributed by atoms with van der Waals surface area (Å²) < 4.78 is 0. The molecule has 1 aromatic carbocycles. The molecule has 0 aliphatic rings. The number of nitrogen functional groups attached to an aromatic ring is 1. The Labute approximate surface area is 83.5 Å². The number of phenols is 2. The van der Waals surface area contributed by atoms with E-state index in [0.717, 1.165) is 0 Å². The Hall–Kier alpha value is -1.82. The molecule has 0 fully saturated rings. The molecule has 6 heteroatoms. The second-order valence-corrected chi connectivity index (χ2v) is 3.66. The highest BCUT2D eigenvalue weighted by Crippen LogP contribution is 2.33. The Morgan fingerprint density at radius 2 is 2.00 bits per heavy atom. The number of rotatable bonds is 1. The minimum atomic E-state index is -0.0406. The summed E-state index contributed by atoms with van der Waals surface area (Å²) in [5.74, 6) is -0.0371. The summed E-state index contributed by atoms with van der Waals surface area (Å²) in [4.78, 5) is 0. The molecule has 5 nitrogen and oxygen atoms in total. The van der Waals surface area contributed by atoms with Gasteiger partial charge >= 0.3 is 0 Å². The van der Waals surface area contributed by atoms with Crippen molar-refractivity contribution in [1.82, 2.24) is 10.2 Å². The summed E-state index contributed by atoms with van der Waals surface area (Å²) in [7, 11) is 0. The van der Waals surface area contributed by atoms with Gasteiger partial charge in [-0.2, -0.15) is 0 Å². The van der Waals surface area contributed by atoms with E-state index in [2.05, 4.69) is 10.2 Å². The third kappa shape index (κ3) is 1.47. The average Bonchev–Trinajstić information content (AvgIpc) is 2.51. The Morgan fingerprint density at radius 3 is 2.57 bits per heavy atom. The lowest BCUT2D eigenvalue weighted by molar-refractivity contribution is 0.452. The molecular formula is C8H7N3O2S. The van der Waals surface area contributed by atoms with Crippen LogP contribution in [0.1, 0.15) is 0 Å². The molecule has 0 saturated heterocycles. The van der Waals surface area contributed by atoms with Gasteiger partial charge in [-0.25, -0.2) is 0 Å². The van der Waals surface area contributed by atoms with E-state index < -0.39 is 0 Å². The molecule has 0 unspecified atom stereocenters. The molecule has 0 aliphatic heterocycles. The van der Waals surface area contributed by atoms with Crippen molar-refractivity contribution in [1.29, 1.82) is 0 Å². The zero-order valence-electron chi connectivity index (χ0n) is 7.01. The number of phenolic OH excluding ortho intramolecular Hbond substituents is 2. The van der Waals surface area contributed by atoms with Crippen LogP contribution in [0.2, 0.25) is 0 Å². The van der Waals surface area contributed by atoms with Crippen LogP contribution in [0.5, 0.6) is 11.5 Å². The molecule has 2 rings (SSSR count). The number of nitrogens with two attached hydrogens (primary N) is 1. The van der Waals surface area contributed by atoms with E-state index in [9.17, 15) is 5.11 Å². The average molecular weight is 209 g/mol. The molecule has 0 aliphatic carbocycles. The van der Waals surface area contributed by atoms with Crippen molar-refractivity contribution < 1.29 is 10.2 Å². The van der Waals surface area contributed by atoms with Crippen LogP contribution in [0.4, 0.5) is 5.13 Å². The first-order valence-electron chi connectivity index (χ1n) is 3.78. The molecule has 0 bridgehead atoms. The summed E-state index contributed by atoms with van der Waals surface area (Å²) in [6.45, 7) is 0. The molecule has 0 spiro atoms. The second kappa shape index (κ2) is 3.15. The minimum Gasteiger partial charge on any atom is -0.508 e. The molecule has 0 radical (unpaired) electrons. The maximum Gasteiger partial charge on any atom is 0.203 e. The lowest BCUT2D eigenvalue weighted by Crippen LogP contribution is -1.80. The highest BCUT2D eigenvalue weighted by atomic mass is 32.1. The number of aromatic nitrogens is 2. The van der Waals surface area contributed by atoms with Gasteiger partial charge < -0.3 is 15.9 Å². The lowest BCUT2D eigenvalue weighted by Gasteiger charge is -1.99. The van der Waals surface area contributed by atoms with E-state index in [1.807, 2.05) is 0 Å². The largest absolute Gasteiger partial charge is 0.508 e. The minimum absolute atomic E-state index is 0.00346. The predicted molar refractivity (Wildman–Crippen MR) is 53.1 cm³/mol. The lowest BCUT2D eigenvalue weighted by atomic mass is 10.2. The third-order valence-corrected chi connectivity index (χ3v) is 2.44. The Kier molecular flexibility index (Phi) is 1.97. The fraction of sp³-hybridized carbons (Fsp3) is 0. The van der Waals surface area contributed by atoms with E-state index in [4.69, 9.17) is 10.8 Å². The summed E-state index contributed by atoms with van der Waals surface area (Å²) in [5, 5.41) is 26.8. The van der Waals surface area contributed by atoms with E-state index in [1.165, 1.54) is 23.5 Å². The molecule has 0 amide bonds. The van der Waals surface area contributed by atoms with Crippen molar-refractivity contribution in [2.45, 2.75) is 0 Å². The monoisotopic (exact) mass is 209 g/mol. The van der Waals surface area contributed by atoms with Gasteiger partial charge in [0.2, 0.25) is 5.13 Å². The number of hydrogen-bond donors (Lipinski definition) is 3. The van der Waals surface area contributed by atoms with E-state index in [1.54, 1.807) is 6.07 Å². The molecule has 72 valence electrons. The van der Waals surface area contributed by atoms with Gasteiger partial charge in [0.05, 0.1) is 5.56 Å². The quantitative estimate of drug-likeness (QED) is 0.656. The van der Waals surface area contributed by atoms with Crippen LogP contribution in [-0.2, 0) is 0 Å². The number of benzene rings is 1. The number of nitrogens with zero attached hydrogens (tertiary/aromatic N) is 2. The fourth-order valence-electron chi connectivity index (χ4n) is 1.04. The number of aromatic hydroxyl groups is 2. The van der Waals surface area contributed by atoms with Gasteiger partial charge in [0.1, 0.15) is 11.5 Å². The smallest absolute Gasteiger partial charge is 0.203 e. The van der Waals surface area contributed by atoms with E-state index in [-0.39, 0.29) is 11.5 Å². The highest BCUT2D eigenvalue weighted by molar-refractivity contribution is 7.18. The molecule has 0 saturated carbocycles. The van der Waals surface area contributed by atoms with Crippen LogP contribution >= 0.6 is 11.3 Å². The van der Waals surface area contributed by atoms with Gasteiger partial charge in [-0.05, 0) is 12.1 Å². The van der Waals surface area contributed by atoms with Crippen molar-refractivity contribution in [3.63, 3.8) is 0 Å². The Balaban J connectivity index is 2.52. The summed E-state index contributed by atoms with van der Waals surface area (Å²) in [5.41, 5.74) is 5.92. The summed E-state index contributed by atoms with van der Waals surface area (Å²) in [6.07, 6.45) is 0. The number of anilines is 1. The van der Waals surface area contributed by atoms with Crippen molar-refractivity contribution in [2.24, 2.45) is 0 Å². The SMILES string of the molecule is Nc1nnc(-c2ccc(O)cc2O)s1. The standard InChI is InChI=1S/C8H7N3O2S/c9-8-11-10-7(14-8)5-2-1-4(12)3-6(5)13/h1-3,12-13H,(H2,9,11).